The molecule has 7 heteroatoms. The monoisotopic (exact) mass is 416 g/mol. The number of hydrogen-bond donors (Lipinski definition) is 1. The smallest absolute Gasteiger partial charge is 0.271 e. The van der Waals surface area contributed by atoms with Crippen molar-refractivity contribution in [2.45, 2.75) is 26.3 Å². The number of halogens is 1. The minimum Gasteiger partial charge on any atom is -0.321 e. The fourth-order valence-electron chi connectivity index (χ4n) is 3.33. The summed E-state index contributed by atoms with van der Waals surface area (Å²) in [6.45, 7) is 2.10. The molecule has 0 bridgehead atoms. The highest BCUT2D eigenvalue weighted by Gasteiger charge is 2.25. The maximum atomic E-state index is 13.1. The molecule has 1 N–H and O–H groups in total. The lowest BCUT2D eigenvalue weighted by Crippen LogP contribution is -2.36. The fourth-order valence-corrected chi connectivity index (χ4v) is 3.33. The molecule has 0 saturated heterocycles. The van der Waals surface area contributed by atoms with Crippen LogP contribution in [0.4, 0.5) is 10.1 Å². The Labute approximate surface area is 179 Å². The highest BCUT2D eigenvalue weighted by atomic mass is 19.1. The number of aromatic nitrogens is 1. The van der Waals surface area contributed by atoms with E-state index in [1.165, 1.54) is 17.1 Å². The molecule has 6 nitrogen and oxygen atoms in total. The van der Waals surface area contributed by atoms with Gasteiger partial charge in [0.25, 0.3) is 5.91 Å². The quantitative estimate of drug-likeness (QED) is 0.673. The molecule has 156 valence electrons. The zero-order valence-corrected chi connectivity index (χ0v) is 17.0. The largest absolute Gasteiger partial charge is 0.321 e. The van der Waals surface area contributed by atoms with Crippen LogP contribution in [0.5, 0.6) is 0 Å². The predicted octanol–water partition coefficient (Wildman–Crippen LogP) is 4.31. The molecule has 3 aromatic rings. The number of hydrazone groups is 1. The summed E-state index contributed by atoms with van der Waals surface area (Å²) in [6, 6.07) is 15.5. The number of benzene rings is 2. The van der Waals surface area contributed by atoms with E-state index in [4.69, 9.17) is 0 Å². The van der Waals surface area contributed by atoms with Gasteiger partial charge >= 0.3 is 0 Å². The molecule has 0 radical (unpaired) electrons. The van der Waals surface area contributed by atoms with Gasteiger partial charge < -0.3 is 5.32 Å². The number of amides is 2. The van der Waals surface area contributed by atoms with Gasteiger partial charge in [-0.3, -0.25) is 14.6 Å². The average Bonchev–Trinajstić information content (AvgIpc) is 2.79. The standard InChI is InChI=1S/C24H21FN4O2/c1-16-2-5-19(18-10-12-26-13-11-18)14-22(16)27-24(31)21-8-9-23(30)29(28-21)15-17-3-6-20(25)7-4-17/h2-7,10-14H,8-9,15H2,1H3,(H,27,31). The Morgan fingerprint density at radius 3 is 2.52 bits per heavy atom. The van der Waals surface area contributed by atoms with E-state index in [0.717, 1.165) is 22.3 Å². The summed E-state index contributed by atoms with van der Waals surface area (Å²) in [6.07, 6.45) is 3.91. The summed E-state index contributed by atoms with van der Waals surface area (Å²) in [5.74, 6) is -0.857. The van der Waals surface area contributed by atoms with Crippen molar-refractivity contribution < 1.29 is 14.0 Å². The van der Waals surface area contributed by atoms with Gasteiger partial charge in [-0.05, 0) is 59.5 Å². The van der Waals surface area contributed by atoms with E-state index < -0.39 is 0 Å². The van der Waals surface area contributed by atoms with Crippen molar-refractivity contribution >= 4 is 23.2 Å². The van der Waals surface area contributed by atoms with Crippen molar-refractivity contribution in [3.05, 3.63) is 83.9 Å². The van der Waals surface area contributed by atoms with Crippen LogP contribution in [-0.4, -0.2) is 27.5 Å². The van der Waals surface area contributed by atoms with Crippen molar-refractivity contribution in [2.24, 2.45) is 5.10 Å². The van der Waals surface area contributed by atoms with Crippen molar-refractivity contribution in [3.8, 4) is 11.1 Å². The summed E-state index contributed by atoms with van der Waals surface area (Å²) >= 11 is 0. The van der Waals surface area contributed by atoms with Crippen LogP contribution < -0.4 is 5.32 Å². The first-order valence-corrected chi connectivity index (χ1v) is 9.94. The molecule has 1 aliphatic rings. The third-order valence-corrected chi connectivity index (χ3v) is 5.11. The molecule has 2 aromatic carbocycles. The average molecular weight is 416 g/mol. The predicted molar refractivity (Wildman–Crippen MR) is 117 cm³/mol. The van der Waals surface area contributed by atoms with E-state index in [9.17, 15) is 14.0 Å². The fraction of sp³-hybridized carbons (Fsp3) is 0.167. The second-order valence-electron chi connectivity index (χ2n) is 7.34. The van der Waals surface area contributed by atoms with E-state index in [1.807, 2.05) is 37.3 Å². The zero-order chi connectivity index (χ0) is 21.8. The Morgan fingerprint density at radius 1 is 1.03 bits per heavy atom. The molecule has 0 unspecified atom stereocenters. The maximum absolute atomic E-state index is 13.1. The Kier molecular flexibility index (Phi) is 5.84. The van der Waals surface area contributed by atoms with Crippen LogP contribution in [0, 0.1) is 12.7 Å². The third-order valence-electron chi connectivity index (χ3n) is 5.11. The number of nitrogens with zero attached hydrogens (tertiary/aromatic N) is 3. The van der Waals surface area contributed by atoms with E-state index >= 15 is 0 Å². The van der Waals surface area contributed by atoms with Gasteiger partial charge in [0, 0.05) is 30.9 Å². The number of rotatable bonds is 5. The van der Waals surface area contributed by atoms with E-state index in [1.54, 1.807) is 24.5 Å². The summed E-state index contributed by atoms with van der Waals surface area (Å²) in [4.78, 5) is 29.2. The lowest BCUT2D eigenvalue weighted by molar-refractivity contribution is -0.132. The highest BCUT2D eigenvalue weighted by molar-refractivity contribution is 6.43. The van der Waals surface area contributed by atoms with Crippen molar-refractivity contribution in [1.29, 1.82) is 0 Å². The van der Waals surface area contributed by atoms with Gasteiger partial charge in [-0.25, -0.2) is 9.40 Å². The number of carbonyl (C=O) groups is 2. The SMILES string of the molecule is Cc1ccc(-c2ccncc2)cc1NC(=O)C1=NN(Cc2ccc(F)cc2)C(=O)CC1. The molecule has 31 heavy (non-hydrogen) atoms. The second kappa shape index (κ2) is 8.87. The molecule has 4 rings (SSSR count). The summed E-state index contributed by atoms with van der Waals surface area (Å²) < 4.78 is 13.1. The van der Waals surface area contributed by atoms with Crippen molar-refractivity contribution in [3.63, 3.8) is 0 Å². The minimum absolute atomic E-state index is 0.170. The Morgan fingerprint density at radius 2 is 1.77 bits per heavy atom. The first-order chi connectivity index (χ1) is 15.0. The Hall–Kier alpha value is -3.87. The summed E-state index contributed by atoms with van der Waals surface area (Å²) in [5, 5.41) is 8.47. The lowest BCUT2D eigenvalue weighted by atomic mass is 10.0. The van der Waals surface area contributed by atoms with Crippen LogP contribution in [0.1, 0.15) is 24.0 Å². The number of nitrogens with one attached hydrogen (secondary N) is 1. The van der Waals surface area contributed by atoms with Crippen LogP contribution in [0.3, 0.4) is 0 Å². The van der Waals surface area contributed by atoms with Crippen LogP contribution in [-0.2, 0) is 16.1 Å². The molecule has 1 aromatic heterocycles. The van der Waals surface area contributed by atoms with Crippen LogP contribution in [0.2, 0.25) is 0 Å². The first-order valence-electron chi connectivity index (χ1n) is 9.94. The van der Waals surface area contributed by atoms with Crippen LogP contribution >= 0.6 is 0 Å². The molecular weight excluding hydrogens is 395 g/mol. The summed E-state index contributed by atoms with van der Waals surface area (Å²) in [7, 11) is 0. The molecule has 0 spiro atoms. The number of aryl methyl sites for hydroxylation is 1. The Balaban J connectivity index is 1.52. The summed E-state index contributed by atoms with van der Waals surface area (Å²) in [5.41, 5.74) is 4.58. The number of carbonyl (C=O) groups excluding carboxylic acids is 2. The van der Waals surface area contributed by atoms with Gasteiger partial charge in [0.15, 0.2) is 0 Å². The third kappa shape index (κ3) is 4.83. The van der Waals surface area contributed by atoms with E-state index in [0.29, 0.717) is 5.69 Å². The molecule has 0 atom stereocenters. The lowest BCUT2D eigenvalue weighted by Gasteiger charge is -2.23. The second-order valence-corrected chi connectivity index (χ2v) is 7.34. The highest BCUT2D eigenvalue weighted by Crippen LogP contribution is 2.25. The maximum Gasteiger partial charge on any atom is 0.271 e. The van der Waals surface area contributed by atoms with E-state index in [2.05, 4.69) is 15.4 Å². The number of anilines is 1. The van der Waals surface area contributed by atoms with Gasteiger partial charge in [0.05, 0.1) is 6.54 Å². The molecule has 0 fully saturated rings. The van der Waals surface area contributed by atoms with Crippen molar-refractivity contribution in [2.75, 3.05) is 5.32 Å². The van der Waals surface area contributed by atoms with Crippen LogP contribution in [0.15, 0.2) is 72.1 Å². The molecule has 1 aliphatic heterocycles. The first kappa shape index (κ1) is 20.4. The normalized spacial score (nSPS) is 13.7. The topological polar surface area (TPSA) is 74.7 Å². The van der Waals surface area contributed by atoms with Crippen LogP contribution in [0.25, 0.3) is 11.1 Å². The molecule has 2 amide bonds. The van der Waals surface area contributed by atoms with Gasteiger partial charge in [-0.2, -0.15) is 5.10 Å². The number of hydrogen-bond acceptors (Lipinski definition) is 4. The molecule has 2 heterocycles. The Bertz CT molecular complexity index is 1140. The van der Waals surface area contributed by atoms with E-state index in [-0.39, 0.29) is 42.7 Å². The molecular formula is C24H21FN4O2. The van der Waals surface area contributed by atoms with Gasteiger partial charge in [0.1, 0.15) is 11.5 Å². The van der Waals surface area contributed by atoms with Crippen molar-refractivity contribution in [1.82, 2.24) is 9.99 Å². The minimum atomic E-state index is -0.346. The van der Waals surface area contributed by atoms with Gasteiger partial charge in [0.2, 0.25) is 5.91 Å². The van der Waals surface area contributed by atoms with Gasteiger partial charge in [-0.1, -0.05) is 24.3 Å². The molecule has 0 saturated carbocycles. The zero-order valence-electron chi connectivity index (χ0n) is 17.0. The number of pyridine rings is 1. The van der Waals surface area contributed by atoms with Gasteiger partial charge in [-0.15, -0.1) is 0 Å². The molecule has 0 aliphatic carbocycles.